The van der Waals surface area contributed by atoms with Crippen molar-refractivity contribution < 1.29 is 4.74 Å². The molecule has 2 aromatic rings. The van der Waals surface area contributed by atoms with Crippen LogP contribution in [-0.2, 0) is 20.0 Å². The van der Waals surface area contributed by atoms with Gasteiger partial charge >= 0.3 is 0 Å². The first-order chi connectivity index (χ1) is 8.70. The molecule has 1 heterocycles. The van der Waals surface area contributed by atoms with E-state index in [4.69, 9.17) is 22.1 Å². The van der Waals surface area contributed by atoms with Gasteiger partial charge in [0.15, 0.2) is 0 Å². The molecule has 0 unspecified atom stereocenters. The molecule has 5 heteroatoms. The third-order valence-corrected chi connectivity index (χ3v) is 3.04. The molecule has 0 spiro atoms. The van der Waals surface area contributed by atoms with Crippen LogP contribution >= 0.6 is 11.6 Å². The van der Waals surface area contributed by atoms with Gasteiger partial charge in [-0.25, -0.2) is 0 Å². The highest BCUT2D eigenvalue weighted by Crippen LogP contribution is 2.25. The molecule has 0 aliphatic carbocycles. The van der Waals surface area contributed by atoms with Crippen molar-refractivity contribution in [1.82, 2.24) is 9.78 Å². The molecule has 2 rings (SSSR count). The second-order valence-corrected chi connectivity index (χ2v) is 4.45. The first kappa shape index (κ1) is 12.9. The van der Waals surface area contributed by atoms with E-state index >= 15 is 0 Å². The first-order valence-electron chi connectivity index (χ1n) is 5.78. The Morgan fingerprint density at radius 1 is 1.44 bits per heavy atom. The molecule has 0 radical (unpaired) electrons. The zero-order valence-electron chi connectivity index (χ0n) is 10.3. The molecule has 0 fully saturated rings. The van der Waals surface area contributed by atoms with Crippen molar-refractivity contribution in [2.45, 2.75) is 13.0 Å². The third-order valence-electron chi connectivity index (χ3n) is 2.69. The molecule has 0 saturated carbocycles. The molecule has 0 atom stereocenters. The Hall–Kier alpha value is -1.52. The summed E-state index contributed by atoms with van der Waals surface area (Å²) >= 11 is 6.06. The van der Waals surface area contributed by atoms with Gasteiger partial charge in [-0.15, -0.1) is 0 Å². The second kappa shape index (κ2) is 5.89. The van der Waals surface area contributed by atoms with Crippen LogP contribution < -0.4 is 10.5 Å². The van der Waals surface area contributed by atoms with Crippen LogP contribution in [0.25, 0.3) is 0 Å². The van der Waals surface area contributed by atoms with Crippen molar-refractivity contribution >= 4 is 11.6 Å². The van der Waals surface area contributed by atoms with Gasteiger partial charge in [0.05, 0.1) is 12.8 Å². The average molecular weight is 266 g/mol. The SMILES string of the molecule is Cn1cc(CCOc2cccc(Cl)c2CN)cn1. The topological polar surface area (TPSA) is 53.1 Å². The number of nitrogens with two attached hydrogens (primary N) is 1. The number of halogens is 1. The van der Waals surface area contributed by atoms with Crippen molar-refractivity contribution in [3.63, 3.8) is 0 Å². The molecule has 4 nitrogen and oxygen atoms in total. The predicted octanol–water partition coefficient (Wildman–Crippen LogP) is 2.15. The average Bonchev–Trinajstić information content (AvgIpc) is 2.75. The monoisotopic (exact) mass is 265 g/mol. The summed E-state index contributed by atoms with van der Waals surface area (Å²) in [6.07, 6.45) is 4.63. The number of rotatable bonds is 5. The van der Waals surface area contributed by atoms with Gasteiger partial charge in [0.2, 0.25) is 0 Å². The van der Waals surface area contributed by atoms with E-state index in [2.05, 4.69) is 5.10 Å². The van der Waals surface area contributed by atoms with Crippen molar-refractivity contribution in [1.29, 1.82) is 0 Å². The summed E-state index contributed by atoms with van der Waals surface area (Å²) in [5, 5.41) is 4.76. The van der Waals surface area contributed by atoms with Crippen LogP contribution in [0.4, 0.5) is 0 Å². The summed E-state index contributed by atoms with van der Waals surface area (Å²) < 4.78 is 7.50. The Morgan fingerprint density at radius 3 is 2.94 bits per heavy atom. The van der Waals surface area contributed by atoms with Gasteiger partial charge in [-0.2, -0.15) is 5.10 Å². The molecular weight excluding hydrogens is 250 g/mol. The second-order valence-electron chi connectivity index (χ2n) is 4.04. The predicted molar refractivity (Wildman–Crippen MR) is 71.8 cm³/mol. The zero-order valence-corrected chi connectivity index (χ0v) is 11.0. The van der Waals surface area contributed by atoms with E-state index in [1.807, 2.05) is 37.6 Å². The molecule has 2 N–H and O–H groups in total. The summed E-state index contributed by atoms with van der Waals surface area (Å²) in [7, 11) is 1.90. The molecular formula is C13H16ClN3O. The van der Waals surface area contributed by atoms with Gasteiger partial charge in [0.1, 0.15) is 5.75 Å². The molecule has 1 aromatic heterocycles. The number of nitrogens with zero attached hydrogens (tertiary/aromatic N) is 2. The summed E-state index contributed by atoms with van der Waals surface area (Å²) in [4.78, 5) is 0. The number of hydrogen-bond donors (Lipinski definition) is 1. The lowest BCUT2D eigenvalue weighted by molar-refractivity contribution is 0.318. The van der Waals surface area contributed by atoms with Gasteiger partial charge in [0, 0.05) is 36.8 Å². The summed E-state index contributed by atoms with van der Waals surface area (Å²) in [5.74, 6) is 0.758. The Morgan fingerprint density at radius 2 is 2.28 bits per heavy atom. The summed E-state index contributed by atoms with van der Waals surface area (Å²) in [6, 6.07) is 5.57. The van der Waals surface area contributed by atoms with Crippen LogP contribution in [0.1, 0.15) is 11.1 Å². The van der Waals surface area contributed by atoms with Crippen LogP contribution in [0.5, 0.6) is 5.75 Å². The van der Waals surface area contributed by atoms with E-state index in [1.165, 1.54) is 0 Å². The molecule has 0 saturated heterocycles. The van der Waals surface area contributed by atoms with Crippen LogP contribution in [-0.4, -0.2) is 16.4 Å². The Balaban J connectivity index is 1.96. The number of aryl methyl sites for hydroxylation is 1. The van der Waals surface area contributed by atoms with Gasteiger partial charge in [0.25, 0.3) is 0 Å². The van der Waals surface area contributed by atoms with Crippen LogP contribution in [0, 0.1) is 0 Å². The van der Waals surface area contributed by atoms with Crippen molar-refractivity contribution in [2.24, 2.45) is 12.8 Å². The van der Waals surface area contributed by atoms with E-state index in [-0.39, 0.29) is 0 Å². The highest BCUT2D eigenvalue weighted by atomic mass is 35.5. The van der Waals surface area contributed by atoms with Gasteiger partial charge in [-0.05, 0) is 17.7 Å². The standard InChI is InChI=1S/C13H16ClN3O/c1-17-9-10(8-16-17)5-6-18-13-4-2-3-12(14)11(13)7-15/h2-4,8-9H,5-7,15H2,1H3. The van der Waals surface area contributed by atoms with Gasteiger partial charge < -0.3 is 10.5 Å². The molecule has 0 bridgehead atoms. The van der Waals surface area contributed by atoms with E-state index in [9.17, 15) is 0 Å². The van der Waals surface area contributed by atoms with Crippen LogP contribution in [0.2, 0.25) is 5.02 Å². The molecule has 0 aliphatic heterocycles. The highest BCUT2D eigenvalue weighted by molar-refractivity contribution is 6.31. The van der Waals surface area contributed by atoms with Crippen molar-refractivity contribution in [3.05, 3.63) is 46.7 Å². The molecule has 0 amide bonds. The minimum atomic E-state index is 0.377. The minimum Gasteiger partial charge on any atom is -0.493 e. The van der Waals surface area contributed by atoms with Gasteiger partial charge in [-0.1, -0.05) is 17.7 Å². The van der Waals surface area contributed by atoms with Crippen molar-refractivity contribution in [2.75, 3.05) is 6.61 Å². The maximum Gasteiger partial charge on any atom is 0.125 e. The lowest BCUT2D eigenvalue weighted by atomic mass is 10.2. The maximum absolute atomic E-state index is 6.06. The van der Waals surface area contributed by atoms with Crippen LogP contribution in [0.3, 0.4) is 0 Å². The van der Waals surface area contributed by atoms with Gasteiger partial charge in [-0.3, -0.25) is 4.68 Å². The Labute approximate surface area is 111 Å². The van der Waals surface area contributed by atoms with E-state index in [0.29, 0.717) is 18.2 Å². The lowest BCUT2D eigenvalue weighted by Crippen LogP contribution is -2.06. The Bertz CT molecular complexity index is 525. The normalized spacial score (nSPS) is 10.6. The number of hydrogen-bond acceptors (Lipinski definition) is 3. The summed E-state index contributed by atoms with van der Waals surface area (Å²) in [5.41, 5.74) is 7.66. The third kappa shape index (κ3) is 3.03. The van der Waals surface area contributed by atoms with E-state index in [1.54, 1.807) is 4.68 Å². The zero-order chi connectivity index (χ0) is 13.0. The number of aromatic nitrogens is 2. The van der Waals surface area contributed by atoms with Crippen LogP contribution in [0.15, 0.2) is 30.6 Å². The fourth-order valence-corrected chi connectivity index (χ4v) is 2.00. The molecule has 18 heavy (non-hydrogen) atoms. The minimum absolute atomic E-state index is 0.377. The number of benzene rings is 1. The highest BCUT2D eigenvalue weighted by Gasteiger charge is 2.06. The molecule has 96 valence electrons. The molecule has 0 aliphatic rings. The van der Waals surface area contributed by atoms with E-state index < -0.39 is 0 Å². The van der Waals surface area contributed by atoms with Crippen molar-refractivity contribution in [3.8, 4) is 5.75 Å². The quantitative estimate of drug-likeness (QED) is 0.901. The largest absolute Gasteiger partial charge is 0.493 e. The smallest absolute Gasteiger partial charge is 0.125 e. The summed E-state index contributed by atoms with van der Waals surface area (Å²) in [6.45, 7) is 0.959. The first-order valence-corrected chi connectivity index (χ1v) is 6.16. The fourth-order valence-electron chi connectivity index (χ4n) is 1.75. The maximum atomic E-state index is 6.06. The Kier molecular flexibility index (Phi) is 4.23. The lowest BCUT2D eigenvalue weighted by Gasteiger charge is -2.11. The number of ether oxygens (including phenoxy) is 1. The van der Waals surface area contributed by atoms with E-state index in [0.717, 1.165) is 23.3 Å². The molecule has 1 aromatic carbocycles. The fraction of sp³-hybridized carbons (Fsp3) is 0.308.